The predicted octanol–water partition coefficient (Wildman–Crippen LogP) is 2.70. The van der Waals surface area contributed by atoms with Crippen LogP contribution in [0.25, 0.3) is 0 Å². The van der Waals surface area contributed by atoms with Crippen LogP contribution in [0.3, 0.4) is 0 Å². The van der Waals surface area contributed by atoms with Gasteiger partial charge in [-0.2, -0.15) is 0 Å². The van der Waals surface area contributed by atoms with E-state index in [9.17, 15) is 4.79 Å². The average molecular weight is 401 g/mol. The number of aromatic nitrogens is 2. The SMILES string of the molecule is COCCN=C(NC(=S)Nc1ccc(C(C)=O)cc1)Nc1nc(C)cc(C)n1. The fourth-order valence-corrected chi connectivity index (χ4v) is 2.52. The van der Waals surface area contributed by atoms with Crippen molar-refractivity contribution in [1.29, 1.82) is 0 Å². The summed E-state index contributed by atoms with van der Waals surface area (Å²) in [6.45, 7) is 6.22. The number of nitrogens with one attached hydrogen (secondary N) is 3. The number of ether oxygens (including phenoxy) is 1. The van der Waals surface area contributed by atoms with Gasteiger partial charge in [0.2, 0.25) is 11.9 Å². The number of carbonyl (C=O) groups is 1. The van der Waals surface area contributed by atoms with Crippen LogP contribution in [0.1, 0.15) is 28.7 Å². The number of carbonyl (C=O) groups excluding carboxylic acids is 1. The number of rotatable bonds is 6. The first-order valence-corrected chi connectivity index (χ1v) is 9.10. The van der Waals surface area contributed by atoms with Crippen molar-refractivity contribution in [2.75, 3.05) is 30.9 Å². The number of anilines is 2. The predicted molar refractivity (Wildman–Crippen MR) is 115 cm³/mol. The van der Waals surface area contributed by atoms with Gasteiger partial charge in [-0.15, -0.1) is 0 Å². The molecule has 0 radical (unpaired) electrons. The Morgan fingerprint density at radius 2 is 1.79 bits per heavy atom. The highest BCUT2D eigenvalue weighted by molar-refractivity contribution is 7.80. The van der Waals surface area contributed by atoms with Gasteiger partial charge >= 0.3 is 0 Å². The quantitative estimate of drug-likeness (QED) is 0.224. The van der Waals surface area contributed by atoms with Crippen molar-refractivity contribution in [2.45, 2.75) is 20.8 Å². The van der Waals surface area contributed by atoms with Crippen LogP contribution >= 0.6 is 12.2 Å². The van der Waals surface area contributed by atoms with Crippen LogP contribution in [0.2, 0.25) is 0 Å². The summed E-state index contributed by atoms with van der Waals surface area (Å²) in [6, 6.07) is 8.93. The number of nitrogens with zero attached hydrogens (tertiary/aromatic N) is 3. The van der Waals surface area contributed by atoms with Gasteiger partial charge in [-0.1, -0.05) is 0 Å². The molecule has 2 aromatic rings. The smallest absolute Gasteiger partial charge is 0.229 e. The van der Waals surface area contributed by atoms with Crippen LogP contribution < -0.4 is 16.0 Å². The van der Waals surface area contributed by atoms with E-state index in [0.29, 0.717) is 35.7 Å². The van der Waals surface area contributed by atoms with E-state index in [0.717, 1.165) is 17.1 Å². The van der Waals surface area contributed by atoms with E-state index in [-0.39, 0.29) is 5.78 Å². The summed E-state index contributed by atoms with van der Waals surface area (Å²) in [5.41, 5.74) is 3.08. The van der Waals surface area contributed by atoms with Gasteiger partial charge in [0.1, 0.15) is 0 Å². The third-order valence-corrected chi connectivity index (χ3v) is 3.76. The van der Waals surface area contributed by atoms with E-state index in [1.807, 2.05) is 19.9 Å². The van der Waals surface area contributed by atoms with Gasteiger partial charge in [0, 0.05) is 29.7 Å². The number of methoxy groups -OCH3 is 1. The van der Waals surface area contributed by atoms with Crippen LogP contribution in [0.4, 0.5) is 11.6 Å². The van der Waals surface area contributed by atoms with Crippen LogP contribution in [-0.4, -0.2) is 47.1 Å². The number of aliphatic imine (C=N–C) groups is 1. The second kappa shape index (κ2) is 10.4. The first-order chi connectivity index (χ1) is 13.4. The lowest BCUT2D eigenvalue weighted by Gasteiger charge is -2.14. The first kappa shape index (κ1) is 21.4. The van der Waals surface area contributed by atoms with Crippen molar-refractivity contribution in [3.8, 4) is 0 Å². The van der Waals surface area contributed by atoms with E-state index in [1.54, 1.807) is 31.4 Å². The molecule has 0 saturated carbocycles. The number of hydrogen-bond donors (Lipinski definition) is 3. The second-order valence-electron chi connectivity index (χ2n) is 6.04. The first-order valence-electron chi connectivity index (χ1n) is 8.69. The molecule has 1 heterocycles. The Hall–Kier alpha value is -2.91. The van der Waals surface area contributed by atoms with E-state index >= 15 is 0 Å². The topological polar surface area (TPSA) is 101 Å². The number of ketones is 1. The second-order valence-corrected chi connectivity index (χ2v) is 6.44. The Morgan fingerprint density at radius 3 is 2.36 bits per heavy atom. The lowest BCUT2D eigenvalue weighted by molar-refractivity contribution is 0.101. The van der Waals surface area contributed by atoms with Gasteiger partial charge in [0.05, 0.1) is 13.2 Å². The molecule has 0 aliphatic rings. The van der Waals surface area contributed by atoms with E-state index < -0.39 is 0 Å². The van der Waals surface area contributed by atoms with Crippen LogP contribution in [-0.2, 0) is 4.74 Å². The molecule has 2 rings (SSSR count). The third kappa shape index (κ3) is 7.01. The molecule has 0 atom stereocenters. The van der Waals surface area contributed by atoms with E-state index in [2.05, 4.69) is 30.9 Å². The maximum Gasteiger partial charge on any atom is 0.229 e. The van der Waals surface area contributed by atoms with Crippen molar-refractivity contribution >= 4 is 40.7 Å². The highest BCUT2D eigenvalue weighted by Gasteiger charge is 2.07. The fourth-order valence-electron chi connectivity index (χ4n) is 2.30. The summed E-state index contributed by atoms with van der Waals surface area (Å²) < 4.78 is 5.04. The summed E-state index contributed by atoms with van der Waals surface area (Å²) in [4.78, 5) is 24.5. The molecule has 0 aliphatic heterocycles. The number of hydrogen-bond acceptors (Lipinski definition) is 6. The molecule has 0 saturated heterocycles. The number of thiocarbonyl (C=S) groups is 1. The summed E-state index contributed by atoms with van der Waals surface area (Å²) in [5, 5.41) is 9.45. The third-order valence-electron chi connectivity index (χ3n) is 3.56. The zero-order chi connectivity index (χ0) is 20.5. The molecule has 148 valence electrons. The molecular formula is C19H24N6O2S. The Bertz CT molecular complexity index is 847. The maximum atomic E-state index is 11.4. The van der Waals surface area contributed by atoms with Crippen LogP contribution in [0.5, 0.6) is 0 Å². The molecule has 1 aromatic carbocycles. The number of guanidine groups is 1. The molecular weight excluding hydrogens is 376 g/mol. The Balaban J connectivity index is 2.07. The summed E-state index contributed by atoms with van der Waals surface area (Å²) in [7, 11) is 1.61. The molecule has 0 unspecified atom stereocenters. The maximum absolute atomic E-state index is 11.4. The number of benzene rings is 1. The molecule has 8 nitrogen and oxygen atoms in total. The lowest BCUT2D eigenvalue weighted by atomic mass is 10.1. The van der Waals surface area contributed by atoms with Gasteiger partial charge in [-0.25, -0.2) is 9.97 Å². The monoisotopic (exact) mass is 400 g/mol. The number of Topliss-reactive ketones (excluding diaryl/α,β-unsaturated/α-hetero) is 1. The molecule has 0 spiro atoms. The standard InChI is InChI=1S/C19H24N6O2S/c1-12-11-13(2)22-18(21-12)24-17(20-9-10-27-4)25-19(28)23-16-7-5-15(6-8-16)14(3)26/h5-8,11H,9-10H2,1-4H3,(H3,20,21,22,23,24,25,28). The van der Waals surface area contributed by atoms with E-state index in [1.165, 1.54) is 6.92 Å². The minimum atomic E-state index is 0.0115. The zero-order valence-corrected chi connectivity index (χ0v) is 17.2. The lowest BCUT2D eigenvalue weighted by Crippen LogP contribution is -2.39. The van der Waals surface area contributed by atoms with Gasteiger partial charge in [-0.05, 0) is 63.3 Å². The van der Waals surface area contributed by atoms with E-state index in [4.69, 9.17) is 17.0 Å². The van der Waals surface area contributed by atoms with Gasteiger partial charge < -0.3 is 15.4 Å². The molecule has 3 N–H and O–H groups in total. The minimum Gasteiger partial charge on any atom is -0.383 e. The molecule has 9 heteroatoms. The average Bonchev–Trinajstić information content (AvgIpc) is 2.61. The van der Waals surface area contributed by atoms with Crippen molar-refractivity contribution in [2.24, 2.45) is 4.99 Å². The summed E-state index contributed by atoms with van der Waals surface area (Å²) >= 11 is 5.36. The van der Waals surface area contributed by atoms with Gasteiger partial charge in [-0.3, -0.25) is 15.1 Å². The van der Waals surface area contributed by atoms with Crippen molar-refractivity contribution in [3.05, 3.63) is 47.3 Å². The van der Waals surface area contributed by atoms with Crippen LogP contribution in [0, 0.1) is 13.8 Å². The summed E-state index contributed by atoms with van der Waals surface area (Å²) in [5.74, 6) is 0.840. The van der Waals surface area contributed by atoms with Crippen molar-refractivity contribution < 1.29 is 9.53 Å². The molecule has 0 aliphatic carbocycles. The summed E-state index contributed by atoms with van der Waals surface area (Å²) in [6.07, 6.45) is 0. The number of aryl methyl sites for hydroxylation is 2. The molecule has 0 amide bonds. The van der Waals surface area contributed by atoms with Gasteiger partial charge in [0.15, 0.2) is 10.9 Å². The fraction of sp³-hybridized carbons (Fsp3) is 0.316. The molecule has 28 heavy (non-hydrogen) atoms. The normalized spacial score (nSPS) is 11.1. The molecule has 0 bridgehead atoms. The highest BCUT2D eigenvalue weighted by Crippen LogP contribution is 2.10. The zero-order valence-electron chi connectivity index (χ0n) is 16.4. The Labute approximate surface area is 169 Å². The Kier molecular flexibility index (Phi) is 7.97. The van der Waals surface area contributed by atoms with Crippen molar-refractivity contribution in [3.63, 3.8) is 0 Å². The van der Waals surface area contributed by atoms with Crippen molar-refractivity contribution in [1.82, 2.24) is 15.3 Å². The van der Waals surface area contributed by atoms with Crippen LogP contribution in [0.15, 0.2) is 35.3 Å². The molecule has 1 aromatic heterocycles. The minimum absolute atomic E-state index is 0.0115. The van der Waals surface area contributed by atoms with Gasteiger partial charge in [0.25, 0.3) is 0 Å². The Morgan fingerprint density at radius 1 is 1.14 bits per heavy atom. The highest BCUT2D eigenvalue weighted by atomic mass is 32.1. The molecule has 0 fully saturated rings. The largest absolute Gasteiger partial charge is 0.383 e.